The molecule has 6 nitrogen and oxygen atoms in total. The van der Waals surface area contributed by atoms with E-state index in [0.717, 1.165) is 37.1 Å². The van der Waals surface area contributed by atoms with Crippen LogP contribution in [0.3, 0.4) is 0 Å². The van der Waals surface area contributed by atoms with Gasteiger partial charge in [0.05, 0.1) is 5.69 Å². The number of carbonyl (C=O) groups excluding carboxylic acids is 2. The monoisotopic (exact) mass is 378 g/mol. The second-order valence-electron chi connectivity index (χ2n) is 8.05. The van der Waals surface area contributed by atoms with Crippen LogP contribution in [0.5, 0.6) is 0 Å². The topological polar surface area (TPSA) is 88.3 Å². The number of amides is 2. The van der Waals surface area contributed by atoms with Gasteiger partial charge in [0.1, 0.15) is 6.04 Å². The van der Waals surface area contributed by atoms with Crippen molar-refractivity contribution in [2.24, 2.45) is 5.41 Å². The Balaban J connectivity index is 1.39. The Bertz CT molecular complexity index is 883. The largest absolute Gasteiger partial charge is 0.397 e. The summed E-state index contributed by atoms with van der Waals surface area (Å²) >= 11 is 0. The molecule has 1 spiro atoms. The van der Waals surface area contributed by atoms with E-state index in [4.69, 9.17) is 5.73 Å². The molecule has 4 rings (SSSR count). The molecular weight excluding hydrogens is 352 g/mol. The number of nitrogens with zero attached hydrogens (tertiary/aromatic N) is 2. The molecule has 1 saturated carbocycles. The summed E-state index contributed by atoms with van der Waals surface area (Å²) in [6.45, 7) is 3.28. The second-order valence-corrected chi connectivity index (χ2v) is 8.05. The second kappa shape index (κ2) is 7.26. The van der Waals surface area contributed by atoms with Crippen LogP contribution in [0.25, 0.3) is 11.1 Å². The summed E-state index contributed by atoms with van der Waals surface area (Å²) in [6, 6.07) is 10.9. The SMILES string of the molecule is C[C@H](NC(=O)c1ncc(-c2ccccc2)cc1N)C(=O)N1CCC2(CC1)CC2. The van der Waals surface area contributed by atoms with Crippen LogP contribution >= 0.6 is 0 Å². The fraction of sp³-hybridized carbons (Fsp3) is 0.409. The van der Waals surface area contributed by atoms with Crippen molar-refractivity contribution in [3.8, 4) is 11.1 Å². The first kappa shape index (κ1) is 18.5. The minimum atomic E-state index is -0.601. The molecule has 2 fully saturated rings. The molecule has 2 aromatic rings. The summed E-state index contributed by atoms with van der Waals surface area (Å²) in [5.41, 5.74) is 8.87. The maximum atomic E-state index is 12.7. The van der Waals surface area contributed by atoms with Crippen LogP contribution in [-0.2, 0) is 4.79 Å². The molecule has 6 heteroatoms. The van der Waals surface area contributed by atoms with Gasteiger partial charge in [-0.25, -0.2) is 4.98 Å². The third-order valence-electron chi connectivity index (χ3n) is 6.05. The summed E-state index contributed by atoms with van der Waals surface area (Å²) in [6.07, 6.45) is 6.38. The summed E-state index contributed by atoms with van der Waals surface area (Å²) in [7, 11) is 0. The van der Waals surface area contributed by atoms with E-state index in [9.17, 15) is 9.59 Å². The van der Waals surface area contributed by atoms with Crippen LogP contribution in [0.4, 0.5) is 5.69 Å². The van der Waals surface area contributed by atoms with Gasteiger partial charge in [-0.3, -0.25) is 9.59 Å². The van der Waals surface area contributed by atoms with Crippen LogP contribution in [0.1, 0.15) is 43.1 Å². The molecule has 1 atom stereocenters. The Morgan fingerprint density at radius 3 is 2.39 bits per heavy atom. The number of hydrogen-bond donors (Lipinski definition) is 2. The Kier molecular flexibility index (Phi) is 4.79. The van der Waals surface area contributed by atoms with Crippen LogP contribution < -0.4 is 11.1 Å². The summed E-state index contributed by atoms with van der Waals surface area (Å²) in [5, 5.41) is 2.76. The summed E-state index contributed by atoms with van der Waals surface area (Å²) in [4.78, 5) is 31.4. The molecule has 28 heavy (non-hydrogen) atoms. The first-order valence-corrected chi connectivity index (χ1v) is 9.88. The van der Waals surface area contributed by atoms with Crippen molar-refractivity contribution >= 4 is 17.5 Å². The first-order chi connectivity index (χ1) is 13.5. The van der Waals surface area contributed by atoms with Crippen molar-refractivity contribution in [3.05, 3.63) is 48.3 Å². The molecule has 2 heterocycles. The molecule has 1 saturated heterocycles. The fourth-order valence-corrected chi connectivity index (χ4v) is 3.94. The highest BCUT2D eigenvalue weighted by Crippen LogP contribution is 2.53. The predicted octanol–water partition coefficient (Wildman–Crippen LogP) is 2.85. The molecule has 1 aliphatic carbocycles. The van der Waals surface area contributed by atoms with E-state index in [1.807, 2.05) is 35.2 Å². The number of carbonyl (C=O) groups is 2. The molecule has 1 aliphatic heterocycles. The minimum absolute atomic E-state index is 0.0386. The smallest absolute Gasteiger partial charge is 0.272 e. The summed E-state index contributed by atoms with van der Waals surface area (Å²) in [5.74, 6) is -0.461. The van der Waals surface area contributed by atoms with Crippen LogP contribution in [0.15, 0.2) is 42.6 Å². The Morgan fingerprint density at radius 2 is 1.79 bits per heavy atom. The Labute approximate surface area is 165 Å². The van der Waals surface area contributed by atoms with Crippen molar-refractivity contribution in [2.45, 2.75) is 38.6 Å². The molecule has 2 aliphatic rings. The molecule has 3 N–H and O–H groups in total. The highest BCUT2D eigenvalue weighted by Gasteiger charge is 2.45. The van der Waals surface area contributed by atoms with E-state index >= 15 is 0 Å². The highest BCUT2D eigenvalue weighted by molar-refractivity contribution is 6.00. The van der Waals surface area contributed by atoms with E-state index in [2.05, 4.69) is 10.3 Å². The lowest BCUT2D eigenvalue weighted by Gasteiger charge is -2.33. The lowest BCUT2D eigenvalue weighted by Crippen LogP contribution is -2.49. The number of benzene rings is 1. The molecule has 0 unspecified atom stereocenters. The number of likely N-dealkylation sites (tertiary alicyclic amines) is 1. The number of nitrogens with one attached hydrogen (secondary N) is 1. The van der Waals surface area contributed by atoms with Gasteiger partial charge in [0.25, 0.3) is 5.91 Å². The Hall–Kier alpha value is -2.89. The average Bonchev–Trinajstić information content (AvgIpc) is 3.47. The van der Waals surface area contributed by atoms with Gasteiger partial charge in [-0.1, -0.05) is 30.3 Å². The van der Waals surface area contributed by atoms with Crippen molar-refractivity contribution < 1.29 is 9.59 Å². The zero-order valence-electron chi connectivity index (χ0n) is 16.1. The Morgan fingerprint density at radius 1 is 1.11 bits per heavy atom. The number of nitrogen functional groups attached to an aromatic ring is 1. The predicted molar refractivity (Wildman–Crippen MR) is 108 cm³/mol. The third-order valence-corrected chi connectivity index (χ3v) is 6.05. The van der Waals surface area contributed by atoms with Crippen LogP contribution in [0.2, 0.25) is 0 Å². The van der Waals surface area contributed by atoms with Crippen molar-refractivity contribution in [1.29, 1.82) is 0 Å². The van der Waals surface area contributed by atoms with E-state index in [1.165, 1.54) is 12.8 Å². The van der Waals surface area contributed by atoms with E-state index < -0.39 is 11.9 Å². The van der Waals surface area contributed by atoms with E-state index in [1.54, 1.807) is 19.2 Å². The number of rotatable bonds is 4. The maximum absolute atomic E-state index is 12.7. The van der Waals surface area contributed by atoms with Crippen molar-refractivity contribution in [1.82, 2.24) is 15.2 Å². The molecule has 0 bridgehead atoms. The molecule has 146 valence electrons. The number of anilines is 1. The number of pyridine rings is 1. The van der Waals surface area contributed by atoms with Crippen LogP contribution in [0, 0.1) is 5.41 Å². The van der Waals surface area contributed by atoms with E-state index in [-0.39, 0.29) is 11.6 Å². The summed E-state index contributed by atoms with van der Waals surface area (Å²) < 4.78 is 0. The van der Waals surface area contributed by atoms with Gasteiger partial charge in [0.2, 0.25) is 5.91 Å². The van der Waals surface area contributed by atoms with Crippen molar-refractivity contribution in [3.63, 3.8) is 0 Å². The number of nitrogens with two attached hydrogens (primary N) is 1. The standard InChI is InChI=1S/C22H26N4O2/c1-15(21(28)26-11-9-22(7-8-22)10-12-26)25-20(27)19-18(23)13-17(14-24-19)16-5-3-2-4-6-16/h2-6,13-15H,7-12,23H2,1H3,(H,25,27)/t15-/m0/s1. The fourth-order valence-electron chi connectivity index (χ4n) is 3.94. The van der Waals surface area contributed by atoms with Gasteiger partial charge >= 0.3 is 0 Å². The van der Waals surface area contributed by atoms with Gasteiger partial charge in [-0.2, -0.15) is 0 Å². The zero-order valence-corrected chi connectivity index (χ0v) is 16.1. The lowest BCUT2D eigenvalue weighted by atomic mass is 9.93. The normalized spacial score (nSPS) is 18.5. The van der Waals surface area contributed by atoms with Gasteiger partial charge in [0, 0.05) is 24.8 Å². The molecular formula is C22H26N4O2. The number of piperidine rings is 1. The zero-order chi connectivity index (χ0) is 19.7. The molecule has 2 amide bonds. The van der Waals surface area contributed by atoms with Crippen molar-refractivity contribution in [2.75, 3.05) is 18.8 Å². The quantitative estimate of drug-likeness (QED) is 0.856. The van der Waals surface area contributed by atoms with Crippen LogP contribution in [-0.4, -0.2) is 40.8 Å². The lowest BCUT2D eigenvalue weighted by molar-refractivity contribution is -0.134. The van der Waals surface area contributed by atoms with Gasteiger partial charge in [0.15, 0.2) is 5.69 Å². The molecule has 0 radical (unpaired) electrons. The molecule has 1 aromatic heterocycles. The number of hydrogen-bond acceptors (Lipinski definition) is 4. The maximum Gasteiger partial charge on any atom is 0.272 e. The molecule has 1 aromatic carbocycles. The minimum Gasteiger partial charge on any atom is -0.397 e. The van der Waals surface area contributed by atoms with E-state index in [0.29, 0.717) is 11.1 Å². The van der Waals surface area contributed by atoms with Gasteiger partial charge < -0.3 is 16.0 Å². The van der Waals surface area contributed by atoms with Gasteiger partial charge in [-0.15, -0.1) is 0 Å². The first-order valence-electron chi connectivity index (χ1n) is 9.88. The average molecular weight is 378 g/mol. The number of aromatic nitrogens is 1. The highest BCUT2D eigenvalue weighted by atomic mass is 16.2. The van der Waals surface area contributed by atoms with Gasteiger partial charge in [-0.05, 0) is 49.7 Å². The third kappa shape index (κ3) is 3.72.